The maximum absolute atomic E-state index is 11.7. The normalized spacial score (nSPS) is 19.9. The van der Waals surface area contributed by atoms with E-state index in [0.717, 1.165) is 27.5 Å². The summed E-state index contributed by atoms with van der Waals surface area (Å²) in [7, 11) is 0. The number of likely N-dealkylation sites (N-methyl/N-ethyl adjacent to an activating group) is 1. The van der Waals surface area contributed by atoms with Crippen molar-refractivity contribution in [3.63, 3.8) is 0 Å². The lowest BCUT2D eigenvalue weighted by Crippen LogP contribution is -2.32. The summed E-state index contributed by atoms with van der Waals surface area (Å²) >= 11 is 0. The number of nitrogens with zero attached hydrogens (tertiary/aromatic N) is 1. The molecule has 1 aliphatic heterocycles. The lowest BCUT2D eigenvalue weighted by atomic mass is 10.1. The first-order chi connectivity index (χ1) is 11.2. The van der Waals surface area contributed by atoms with E-state index in [-0.39, 0.29) is 5.76 Å². The van der Waals surface area contributed by atoms with E-state index in [2.05, 4.69) is 0 Å². The molecule has 0 saturated carbocycles. The first-order valence-corrected chi connectivity index (χ1v) is 7.47. The minimum atomic E-state index is -1.04. The lowest BCUT2D eigenvalue weighted by molar-refractivity contribution is 0.0851. The molecular weight excluding hydrogens is 294 g/mol. The Hall–Kier alpha value is -2.79. The zero-order valence-electron chi connectivity index (χ0n) is 12.5. The fourth-order valence-electron chi connectivity index (χ4n) is 2.87. The summed E-state index contributed by atoms with van der Waals surface area (Å²) in [6.07, 6.45) is 0.116. The second-order valence-corrected chi connectivity index (χ2v) is 5.43. The number of carbonyl (C=O) groups is 1. The van der Waals surface area contributed by atoms with Crippen LogP contribution >= 0.6 is 0 Å². The zero-order chi connectivity index (χ0) is 16.0. The largest absolute Gasteiger partial charge is 0.456 e. The molecule has 1 fully saturated rings. The molecule has 0 spiro atoms. The number of fused-ring (bicyclic) bond motifs is 3. The van der Waals surface area contributed by atoms with E-state index in [9.17, 15) is 9.90 Å². The number of aliphatic hydroxyl groups excluding tert-OH is 1. The first kappa shape index (κ1) is 13.8. The molecule has 116 valence electrons. The number of ether oxygens (including phenoxy) is 1. The maximum atomic E-state index is 11.7. The molecule has 1 aromatic heterocycles. The zero-order valence-corrected chi connectivity index (χ0v) is 12.5. The standard InChI is InChI=1S/C18H15NO4/c1-2-19-17(20)16(23-18(19)21)10-11-7-8-15-13(9-11)12-5-3-4-6-14(12)22-15/h3-10,17,20H,2H2,1H3/b16-10+. The van der Waals surface area contributed by atoms with Crippen molar-refractivity contribution in [1.29, 1.82) is 0 Å². The molecule has 5 nitrogen and oxygen atoms in total. The van der Waals surface area contributed by atoms with Crippen LogP contribution in [0.15, 0.2) is 52.6 Å². The Labute approximate surface area is 132 Å². The van der Waals surface area contributed by atoms with Gasteiger partial charge in [-0.15, -0.1) is 0 Å². The summed E-state index contributed by atoms with van der Waals surface area (Å²) < 4.78 is 10.9. The number of amides is 1. The van der Waals surface area contributed by atoms with Crippen molar-refractivity contribution in [2.45, 2.75) is 13.2 Å². The summed E-state index contributed by atoms with van der Waals surface area (Å²) in [4.78, 5) is 12.9. The summed E-state index contributed by atoms with van der Waals surface area (Å²) in [5.74, 6) is 0.240. The Balaban J connectivity index is 1.79. The highest BCUT2D eigenvalue weighted by Crippen LogP contribution is 2.30. The van der Waals surface area contributed by atoms with Crippen LogP contribution in [0.5, 0.6) is 0 Å². The maximum Gasteiger partial charge on any atom is 0.417 e. The molecule has 1 saturated heterocycles. The molecule has 4 rings (SSSR count). The fraction of sp³-hybridized carbons (Fsp3) is 0.167. The van der Waals surface area contributed by atoms with Gasteiger partial charge in [0, 0.05) is 17.3 Å². The number of rotatable bonds is 2. The quantitative estimate of drug-likeness (QED) is 0.783. The van der Waals surface area contributed by atoms with E-state index >= 15 is 0 Å². The van der Waals surface area contributed by atoms with Crippen LogP contribution in [-0.4, -0.2) is 28.9 Å². The molecule has 5 heteroatoms. The van der Waals surface area contributed by atoms with Crippen LogP contribution in [0, 0.1) is 0 Å². The van der Waals surface area contributed by atoms with Gasteiger partial charge in [0.25, 0.3) is 0 Å². The number of carbonyl (C=O) groups excluding carboxylic acids is 1. The molecule has 1 N–H and O–H groups in total. The summed E-state index contributed by atoms with van der Waals surface area (Å²) in [5.41, 5.74) is 2.47. The van der Waals surface area contributed by atoms with Crippen molar-refractivity contribution < 1.29 is 19.1 Å². The van der Waals surface area contributed by atoms with E-state index in [1.165, 1.54) is 4.90 Å². The second kappa shape index (κ2) is 5.14. The third-order valence-corrected chi connectivity index (χ3v) is 4.04. The Morgan fingerprint density at radius 1 is 1.17 bits per heavy atom. The van der Waals surface area contributed by atoms with E-state index in [1.807, 2.05) is 42.5 Å². The van der Waals surface area contributed by atoms with Gasteiger partial charge in [-0.05, 0) is 36.8 Å². The van der Waals surface area contributed by atoms with Crippen molar-refractivity contribution in [3.05, 3.63) is 53.8 Å². The Kier molecular flexibility index (Phi) is 3.09. The van der Waals surface area contributed by atoms with E-state index in [4.69, 9.17) is 9.15 Å². The van der Waals surface area contributed by atoms with E-state index < -0.39 is 12.3 Å². The molecule has 1 atom stereocenters. The van der Waals surface area contributed by atoms with Gasteiger partial charge in [0.15, 0.2) is 12.0 Å². The van der Waals surface area contributed by atoms with Gasteiger partial charge in [-0.2, -0.15) is 0 Å². The third-order valence-electron chi connectivity index (χ3n) is 4.04. The fourth-order valence-corrected chi connectivity index (χ4v) is 2.87. The number of hydrogen-bond donors (Lipinski definition) is 1. The van der Waals surface area contributed by atoms with Crippen LogP contribution in [0.1, 0.15) is 12.5 Å². The summed E-state index contributed by atoms with van der Waals surface area (Å²) in [5, 5.41) is 12.1. The molecule has 1 amide bonds. The van der Waals surface area contributed by atoms with Crippen molar-refractivity contribution in [2.75, 3.05) is 6.54 Å². The van der Waals surface area contributed by atoms with Gasteiger partial charge in [0.1, 0.15) is 11.2 Å². The smallest absolute Gasteiger partial charge is 0.417 e. The Bertz CT molecular complexity index is 941. The first-order valence-electron chi connectivity index (χ1n) is 7.47. The highest BCUT2D eigenvalue weighted by atomic mass is 16.6. The monoisotopic (exact) mass is 309 g/mol. The number of aliphatic hydroxyl groups is 1. The van der Waals surface area contributed by atoms with Crippen LogP contribution < -0.4 is 0 Å². The van der Waals surface area contributed by atoms with Crippen LogP contribution in [0.3, 0.4) is 0 Å². The van der Waals surface area contributed by atoms with Gasteiger partial charge < -0.3 is 14.3 Å². The topological polar surface area (TPSA) is 62.9 Å². The molecule has 1 unspecified atom stereocenters. The SMILES string of the molecule is CCN1C(=O)O/C(=C/c2ccc3oc4ccccc4c3c2)C1O. The number of furan rings is 1. The molecule has 2 aromatic carbocycles. The molecule has 0 radical (unpaired) electrons. The minimum Gasteiger partial charge on any atom is -0.456 e. The summed E-state index contributed by atoms with van der Waals surface area (Å²) in [6.45, 7) is 2.18. The number of para-hydroxylation sites is 1. The predicted molar refractivity (Wildman–Crippen MR) is 86.6 cm³/mol. The lowest BCUT2D eigenvalue weighted by Gasteiger charge is -2.13. The molecule has 0 bridgehead atoms. The average Bonchev–Trinajstić information content (AvgIpc) is 3.05. The Morgan fingerprint density at radius 3 is 2.74 bits per heavy atom. The van der Waals surface area contributed by atoms with E-state index in [1.54, 1.807) is 13.0 Å². The predicted octanol–water partition coefficient (Wildman–Crippen LogP) is 3.72. The summed E-state index contributed by atoms with van der Waals surface area (Å²) in [6, 6.07) is 13.5. The Morgan fingerprint density at radius 2 is 1.96 bits per heavy atom. The van der Waals surface area contributed by atoms with Gasteiger partial charge in [-0.25, -0.2) is 4.79 Å². The van der Waals surface area contributed by atoms with Crippen LogP contribution in [0.4, 0.5) is 4.79 Å². The van der Waals surface area contributed by atoms with Gasteiger partial charge in [-0.1, -0.05) is 24.3 Å². The molecule has 0 aliphatic carbocycles. The van der Waals surface area contributed by atoms with Crippen LogP contribution in [0.2, 0.25) is 0 Å². The van der Waals surface area contributed by atoms with Crippen LogP contribution in [0.25, 0.3) is 28.0 Å². The van der Waals surface area contributed by atoms with Crippen molar-refractivity contribution >= 4 is 34.1 Å². The van der Waals surface area contributed by atoms with Crippen molar-refractivity contribution in [2.24, 2.45) is 0 Å². The van der Waals surface area contributed by atoms with E-state index in [0.29, 0.717) is 6.54 Å². The van der Waals surface area contributed by atoms with Gasteiger partial charge in [0.2, 0.25) is 0 Å². The third kappa shape index (κ3) is 2.17. The molecule has 1 aliphatic rings. The highest BCUT2D eigenvalue weighted by molar-refractivity contribution is 6.05. The second-order valence-electron chi connectivity index (χ2n) is 5.43. The van der Waals surface area contributed by atoms with Gasteiger partial charge >= 0.3 is 6.09 Å². The number of cyclic esters (lactones) is 1. The van der Waals surface area contributed by atoms with Gasteiger partial charge in [0.05, 0.1) is 0 Å². The number of hydrogen-bond acceptors (Lipinski definition) is 4. The molecular formula is C18H15NO4. The molecule has 23 heavy (non-hydrogen) atoms. The highest BCUT2D eigenvalue weighted by Gasteiger charge is 2.35. The average molecular weight is 309 g/mol. The van der Waals surface area contributed by atoms with Crippen molar-refractivity contribution in [1.82, 2.24) is 4.90 Å². The van der Waals surface area contributed by atoms with Crippen molar-refractivity contribution in [3.8, 4) is 0 Å². The molecule has 2 heterocycles. The minimum absolute atomic E-state index is 0.240. The number of benzene rings is 2. The molecule has 3 aromatic rings. The van der Waals surface area contributed by atoms with Gasteiger partial charge in [-0.3, -0.25) is 4.90 Å². The van der Waals surface area contributed by atoms with Crippen LogP contribution in [-0.2, 0) is 4.74 Å².